The molecule has 0 aromatic heterocycles. The van der Waals surface area contributed by atoms with Crippen LogP contribution < -0.4 is 16.0 Å². The summed E-state index contributed by atoms with van der Waals surface area (Å²) < 4.78 is 38.4. The number of nitrogens with one attached hydrogen (secondary N) is 3. The number of benzene rings is 2. The molecule has 3 N–H and O–H groups in total. The number of carbonyl (C=O) groups excluding carboxylic acids is 2. The largest absolute Gasteiger partial charge is 0.416 e. The molecule has 30 heavy (non-hydrogen) atoms. The number of amides is 2. The van der Waals surface area contributed by atoms with Crippen molar-refractivity contribution in [2.45, 2.75) is 39.5 Å². The van der Waals surface area contributed by atoms with Gasteiger partial charge in [-0.05, 0) is 41.8 Å². The van der Waals surface area contributed by atoms with Crippen molar-refractivity contribution in [1.82, 2.24) is 5.32 Å². The monoisotopic (exact) mass is 441 g/mol. The third-order valence-corrected chi connectivity index (χ3v) is 4.58. The Bertz CT molecular complexity index is 917. The van der Waals surface area contributed by atoms with E-state index in [0.717, 1.165) is 17.7 Å². The van der Waals surface area contributed by atoms with Gasteiger partial charge in [0.25, 0.3) is 0 Å². The van der Waals surface area contributed by atoms with E-state index < -0.39 is 17.8 Å². The Hall–Kier alpha value is -2.74. The van der Waals surface area contributed by atoms with E-state index in [0.29, 0.717) is 5.69 Å². The van der Waals surface area contributed by atoms with Crippen molar-refractivity contribution in [3.8, 4) is 0 Å². The third kappa shape index (κ3) is 6.66. The molecule has 0 bridgehead atoms. The van der Waals surface area contributed by atoms with Gasteiger partial charge < -0.3 is 16.0 Å². The average Bonchev–Trinajstić information content (AvgIpc) is 2.63. The first kappa shape index (κ1) is 23.5. The molecule has 0 saturated heterocycles. The van der Waals surface area contributed by atoms with Crippen LogP contribution in [0.2, 0.25) is 5.02 Å². The topological polar surface area (TPSA) is 70.2 Å². The summed E-state index contributed by atoms with van der Waals surface area (Å²) in [5.74, 6) is -0.686. The summed E-state index contributed by atoms with van der Waals surface area (Å²) in [5.41, 5.74) is 0.780. The van der Waals surface area contributed by atoms with Gasteiger partial charge in [0.15, 0.2) is 0 Å². The number of alkyl halides is 3. The molecule has 2 aromatic carbocycles. The van der Waals surface area contributed by atoms with Crippen molar-refractivity contribution in [3.63, 3.8) is 0 Å². The van der Waals surface area contributed by atoms with Crippen LogP contribution >= 0.6 is 11.6 Å². The zero-order valence-electron chi connectivity index (χ0n) is 16.7. The molecule has 2 rings (SSSR count). The second-order valence-electron chi connectivity index (χ2n) is 7.16. The maximum Gasteiger partial charge on any atom is 0.416 e. The van der Waals surface area contributed by atoms with Gasteiger partial charge in [-0.3, -0.25) is 9.59 Å². The highest BCUT2D eigenvalue weighted by Crippen LogP contribution is 2.34. The minimum Gasteiger partial charge on any atom is -0.372 e. The zero-order valence-corrected chi connectivity index (χ0v) is 17.5. The number of anilines is 2. The van der Waals surface area contributed by atoms with Gasteiger partial charge in [-0.2, -0.15) is 13.2 Å². The highest BCUT2D eigenvalue weighted by Gasteiger charge is 2.31. The molecule has 9 heteroatoms. The Balaban J connectivity index is 2.08. The van der Waals surface area contributed by atoms with Crippen LogP contribution in [0.15, 0.2) is 42.5 Å². The second kappa shape index (κ2) is 9.84. The fourth-order valence-electron chi connectivity index (χ4n) is 2.77. The maximum absolute atomic E-state index is 12.8. The van der Waals surface area contributed by atoms with Crippen LogP contribution in [0, 0.1) is 5.92 Å². The van der Waals surface area contributed by atoms with Crippen LogP contribution in [0.5, 0.6) is 0 Å². The molecule has 0 unspecified atom stereocenters. The van der Waals surface area contributed by atoms with Crippen LogP contribution in [0.4, 0.5) is 24.5 Å². The Morgan fingerprint density at radius 2 is 1.80 bits per heavy atom. The molecule has 162 valence electrons. The number of rotatable bonds is 7. The fraction of sp³-hybridized carbons (Fsp3) is 0.333. The molecular weight excluding hydrogens is 419 g/mol. The van der Waals surface area contributed by atoms with Crippen molar-refractivity contribution in [2.75, 3.05) is 10.6 Å². The fourth-order valence-corrected chi connectivity index (χ4v) is 3.01. The second-order valence-corrected chi connectivity index (χ2v) is 7.56. The minimum atomic E-state index is -4.50. The Morgan fingerprint density at radius 1 is 1.10 bits per heavy atom. The highest BCUT2D eigenvalue weighted by molar-refractivity contribution is 6.33. The molecule has 0 fully saturated rings. The van der Waals surface area contributed by atoms with Crippen LogP contribution in [0.1, 0.15) is 31.9 Å². The quantitative estimate of drug-likeness (QED) is 0.561. The van der Waals surface area contributed by atoms with Gasteiger partial charge in [0.05, 0.1) is 16.3 Å². The predicted octanol–water partition coefficient (Wildman–Crippen LogP) is 5.07. The Morgan fingerprint density at radius 3 is 2.37 bits per heavy atom. The van der Waals surface area contributed by atoms with Gasteiger partial charge >= 0.3 is 6.18 Å². The van der Waals surface area contributed by atoms with Crippen molar-refractivity contribution in [2.24, 2.45) is 5.92 Å². The summed E-state index contributed by atoms with van der Waals surface area (Å²) in [5, 5.41) is 8.28. The molecule has 0 radical (unpaired) electrons. The lowest BCUT2D eigenvalue weighted by Crippen LogP contribution is -2.42. The molecule has 0 aliphatic carbocycles. The summed E-state index contributed by atoms with van der Waals surface area (Å²) in [7, 11) is 0. The van der Waals surface area contributed by atoms with Gasteiger partial charge in [-0.25, -0.2) is 0 Å². The lowest BCUT2D eigenvalue weighted by molar-refractivity contribution is -0.137. The molecular formula is C21H23ClF3N3O2. The molecule has 5 nitrogen and oxygen atoms in total. The first-order valence-electron chi connectivity index (χ1n) is 9.25. The van der Waals surface area contributed by atoms with Gasteiger partial charge in [0.2, 0.25) is 11.8 Å². The number of halogens is 4. The summed E-state index contributed by atoms with van der Waals surface area (Å²) >= 11 is 5.99. The first-order valence-corrected chi connectivity index (χ1v) is 9.62. The molecule has 0 saturated carbocycles. The van der Waals surface area contributed by atoms with E-state index in [2.05, 4.69) is 16.0 Å². The van der Waals surface area contributed by atoms with Gasteiger partial charge in [-0.1, -0.05) is 37.6 Å². The predicted molar refractivity (Wildman–Crippen MR) is 111 cm³/mol. The van der Waals surface area contributed by atoms with Crippen LogP contribution in [-0.4, -0.2) is 17.9 Å². The average molecular weight is 442 g/mol. The van der Waals surface area contributed by atoms with Gasteiger partial charge in [0, 0.05) is 19.2 Å². The minimum absolute atomic E-state index is 0.119. The smallest absolute Gasteiger partial charge is 0.372 e. The van der Waals surface area contributed by atoms with Crippen LogP contribution in [-0.2, 0) is 22.3 Å². The third-order valence-electron chi connectivity index (χ3n) is 4.27. The molecule has 0 heterocycles. The zero-order chi connectivity index (χ0) is 22.5. The van der Waals surface area contributed by atoms with Gasteiger partial charge in [0.1, 0.15) is 6.04 Å². The number of carbonyl (C=O) groups is 2. The van der Waals surface area contributed by atoms with E-state index in [1.165, 1.54) is 13.0 Å². The van der Waals surface area contributed by atoms with E-state index in [1.807, 2.05) is 13.8 Å². The summed E-state index contributed by atoms with van der Waals surface area (Å²) in [6.07, 6.45) is -4.50. The lowest BCUT2D eigenvalue weighted by Gasteiger charge is -2.24. The Labute approximate surface area is 178 Å². The summed E-state index contributed by atoms with van der Waals surface area (Å²) in [6, 6.07) is 9.28. The molecule has 0 aliphatic rings. The molecule has 0 aliphatic heterocycles. The summed E-state index contributed by atoms with van der Waals surface area (Å²) in [4.78, 5) is 23.9. The maximum atomic E-state index is 12.8. The SMILES string of the molecule is CC(=O)Nc1cccc(CNC(=O)[C@@H](Nc2ccc(C(F)(F)F)cc2Cl)C(C)C)c1. The molecule has 2 aromatic rings. The normalized spacial score (nSPS) is 12.4. The van der Waals surface area contributed by atoms with E-state index in [9.17, 15) is 22.8 Å². The van der Waals surface area contributed by atoms with Crippen molar-refractivity contribution < 1.29 is 22.8 Å². The highest BCUT2D eigenvalue weighted by atomic mass is 35.5. The lowest BCUT2D eigenvalue weighted by atomic mass is 10.0. The van der Waals surface area contributed by atoms with E-state index in [4.69, 9.17) is 11.6 Å². The van der Waals surface area contributed by atoms with E-state index in [-0.39, 0.29) is 35.0 Å². The van der Waals surface area contributed by atoms with Crippen LogP contribution in [0.25, 0.3) is 0 Å². The van der Waals surface area contributed by atoms with Gasteiger partial charge in [-0.15, -0.1) is 0 Å². The molecule has 0 spiro atoms. The van der Waals surface area contributed by atoms with Crippen molar-refractivity contribution >= 4 is 34.8 Å². The van der Waals surface area contributed by atoms with E-state index >= 15 is 0 Å². The summed E-state index contributed by atoms with van der Waals surface area (Å²) in [6.45, 7) is 5.25. The van der Waals surface area contributed by atoms with E-state index in [1.54, 1.807) is 24.3 Å². The Kier molecular flexibility index (Phi) is 7.72. The standard InChI is InChI=1S/C21H23ClF3N3O2/c1-12(2)19(28-18-8-7-15(10-17(18)22)21(23,24)25)20(30)26-11-14-5-4-6-16(9-14)27-13(3)29/h4-10,12,19,28H,11H2,1-3H3,(H,26,30)(H,27,29)/t19-/m0/s1. The van der Waals surface area contributed by atoms with Crippen molar-refractivity contribution in [3.05, 3.63) is 58.6 Å². The first-order chi connectivity index (χ1) is 14.0. The number of hydrogen-bond donors (Lipinski definition) is 3. The number of hydrogen-bond acceptors (Lipinski definition) is 3. The molecule has 2 amide bonds. The van der Waals surface area contributed by atoms with Crippen molar-refractivity contribution in [1.29, 1.82) is 0 Å². The molecule has 1 atom stereocenters. The van der Waals surface area contributed by atoms with Crippen LogP contribution in [0.3, 0.4) is 0 Å².